The Morgan fingerprint density at radius 1 is 1.05 bits per heavy atom. The molecule has 0 fully saturated rings. The van der Waals surface area contributed by atoms with Crippen molar-refractivity contribution in [1.82, 2.24) is 0 Å². The van der Waals surface area contributed by atoms with E-state index in [1.165, 1.54) is 5.56 Å². The predicted molar refractivity (Wildman–Crippen MR) is 77.7 cm³/mol. The van der Waals surface area contributed by atoms with Crippen molar-refractivity contribution in [2.45, 2.75) is 26.7 Å². The third kappa shape index (κ3) is 2.84. The Labute approximate surface area is 113 Å². The lowest BCUT2D eigenvalue weighted by Crippen LogP contribution is -1.97. The average molecular weight is 254 g/mol. The molecule has 2 heteroatoms. The number of carboxylic acid groups (broad SMARTS) is 1. The molecule has 0 bridgehead atoms. The molecule has 0 radical (unpaired) electrons. The summed E-state index contributed by atoms with van der Waals surface area (Å²) in [5.41, 5.74) is 4.83. The highest BCUT2D eigenvalue weighted by Crippen LogP contribution is 2.26. The molecule has 0 aromatic heterocycles. The smallest absolute Gasteiger partial charge is 0.335 e. The van der Waals surface area contributed by atoms with Crippen molar-refractivity contribution in [3.05, 3.63) is 59.2 Å². The fourth-order valence-corrected chi connectivity index (χ4v) is 2.17. The molecule has 0 saturated heterocycles. The molecule has 2 aromatic rings. The lowest BCUT2D eigenvalue weighted by atomic mass is 9.95. The van der Waals surface area contributed by atoms with Crippen LogP contribution < -0.4 is 0 Å². The second-order valence-electron chi connectivity index (χ2n) is 5.11. The Morgan fingerprint density at radius 3 is 2.16 bits per heavy atom. The van der Waals surface area contributed by atoms with E-state index < -0.39 is 5.97 Å². The van der Waals surface area contributed by atoms with Crippen LogP contribution in [0.15, 0.2) is 42.5 Å². The molecule has 0 aliphatic rings. The van der Waals surface area contributed by atoms with Crippen LogP contribution in [0.5, 0.6) is 0 Å². The summed E-state index contributed by atoms with van der Waals surface area (Å²) >= 11 is 0. The monoisotopic (exact) mass is 254 g/mol. The molecule has 0 amide bonds. The van der Waals surface area contributed by atoms with Gasteiger partial charge in [0.2, 0.25) is 0 Å². The summed E-state index contributed by atoms with van der Waals surface area (Å²) in [7, 11) is 0. The Morgan fingerprint density at radius 2 is 1.68 bits per heavy atom. The first-order valence-corrected chi connectivity index (χ1v) is 6.43. The molecule has 0 aliphatic heterocycles. The van der Waals surface area contributed by atoms with Gasteiger partial charge in [-0.3, -0.25) is 0 Å². The number of aryl methyl sites for hydroxylation is 1. The Balaban J connectivity index is 2.39. The normalized spacial score (nSPS) is 10.7. The lowest BCUT2D eigenvalue weighted by molar-refractivity contribution is 0.0697. The van der Waals surface area contributed by atoms with Gasteiger partial charge in [0.1, 0.15) is 0 Å². The number of carboxylic acids is 1. The fraction of sp³-hybridized carbons (Fsp3) is 0.235. The van der Waals surface area contributed by atoms with Gasteiger partial charge in [-0.05, 0) is 47.2 Å². The fourth-order valence-electron chi connectivity index (χ4n) is 2.17. The molecule has 2 aromatic carbocycles. The summed E-state index contributed by atoms with van der Waals surface area (Å²) in [6.45, 7) is 6.28. The minimum atomic E-state index is -0.884. The van der Waals surface area contributed by atoms with Crippen LogP contribution in [0, 0.1) is 6.92 Å². The van der Waals surface area contributed by atoms with E-state index in [2.05, 4.69) is 38.1 Å². The Hall–Kier alpha value is -2.09. The zero-order valence-electron chi connectivity index (χ0n) is 11.5. The zero-order chi connectivity index (χ0) is 14.0. The molecule has 0 atom stereocenters. The van der Waals surface area contributed by atoms with Gasteiger partial charge in [-0.1, -0.05) is 44.2 Å². The quantitative estimate of drug-likeness (QED) is 0.876. The summed E-state index contributed by atoms with van der Waals surface area (Å²) in [5.74, 6) is -0.366. The van der Waals surface area contributed by atoms with Gasteiger partial charge in [0, 0.05) is 0 Å². The highest BCUT2D eigenvalue weighted by molar-refractivity contribution is 5.89. The van der Waals surface area contributed by atoms with E-state index in [0.29, 0.717) is 11.5 Å². The van der Waals surface area contributed by atoms with E-state index >= 15 is 0 Å². The molecule has 0 saturated carbocycles. The summed E-state index contributed by atoms with van der Waals surface area (Å²) < 4.78 is 0. The minimum absolute atomic E-state index is 0.333. The molecule has 2 nitrogen and oxygen atoms in total. The van der Waals surface area contributed by atoms with Crippen molar-refractivity contribution in [1.29, 1.82) is 0 Å². The van der Waals surface area contributed by atoms with Gasteiger partial charge in [-0.2, -0.15) is 0 Å². The van der Waals surface area contributed by atoms with Gasteiger partial charge in [-0.25, -0.2) is 4.79 Å². The largest absolute Gasteiger partial charge is 0.478 e. The molecule has 0 heterocycles. The van der Waals surface area contributed by atoms with Gasteiger partial charge in [0.25, 0.3) is 0 Å². The number of aromatic carboxylic acids is 1. The number of hydrogen-bond donors (Lipinski definition) is 1. The predicted octanol–water partition coefficient (Wildman–Crippen LogP) is 4.48. The van der Waals surface area contributed by atoms with Gasteiger partial charge in [-0.15, -0.1) is 0 Å². The highest BCUT2D eigenvalue weighted by atomic mass is 16.4. The van der Waals surface area contributed by atoms with Crippen LogP contribution in [0.4, 0.5) is 0 Å². The van der Waals surface area contributed by atoms with Crippen LogP contribution in [-0.2, 0) is 0 Å². The summed E-state index contributed by atoms with van der Waals surface area (Å²) in [4.78, 5) is 10.9. The second kappa shape index (κ2) is 5.27. The van der Waals surface area contributed by atoms with Crippen molar-refractivity contribution >= 4 is 5.97 Å². The molecular formula is C17H18O2. The number of benzene rings is 2. The summed E-state index contributed by atoms with van der Waals surface area (Å²) in [6.07, 6.45) is 0. The second-order valence-corrected chi connectivity index (χ2v) is 5.11. The molecule has 1 N–H and O–H groups in total. The van der Waals surface area contributed by atoms with Gasteiger partial charge < -0.3 is 5.11 Å². The number of hydrogen-bond acceptors (Lipinski definition) is 1. The number of rotatable bonds is 3. The number of carbonyl (C=O) groups is 1. The molecule has 2 rings (SSSR count). The lowest BCUT2D eigenvalue weighted by Gasteiger charge is -2.10. The first kappa shape index (κ1) is 13.3. The molecule has 0 aliphatic carbocycles. The van der Waals surface area contributed by atoms with Crippen LogP contribution >= 0.6 is 0 Å². The van der Waals surface area contributed by atoms with E-state index in [9.17, 15) is 4.79 Å². The summed E-state index contributed by atoms with van der Waals surface area (Å²) in [6, 6.07) is 13.7. The average Bonchev–Trinajstić information content (AvgIpc) is 2.38. The van der Waals surface area contributed by atoms with Crippen molar-refractivity contribution in [3.8, 4) is 11.1 Å². The van der Waals surface area contributed by atoms with E-state index in [4.69, 9.17) is 5.11 Å². The van der Waals surface area contributed by atoms with Crippen molar-refractivity contribution in [3.63, 3.8) is 0 Å². The van der Waals surface area contributed by atoms with E-state index in [0.717, 1.165) is 16.7 Å². The highest BCUT2D eigenvalue weighted by Gasteiger charge is 2.07. The van der Waals surface area contributed by atoms with Gasteiger partial charge in [0.05, 0.1) is 5.56 Å². The van der Waals surface area contributed by atoms with Gasteiger partial charge >= 0.3 is 5.97 Å². The summed E-state index contributed by atoms with van der Waals surface area (Å²) in [5, 5.41) is 8.97. The van der Waals surface area contributed by atoms with Crippen molar-refractivity contribution in [2.75, 3.05) is 0 Å². The third-order valence-electron chi connectivity index (χ3n) is 3.36. The van der Waals surface area contributed by atoms with Crippen LogP contribution in [0.2, 0.25) is 0 Å². The van der Waals surface area contributed by atoms with Crippen molar-refractivity contribution in [2.24, 2.45) is 0 Å². The zero-order valence-corrected chi connectivity index (χ0v) is 11.5. The van der Waals surface area contributed by atoms with E-state index in [1.807, 2.05) is 13.0 Å². The maximum atomic E-state index is 10.9. The van der Waals surface area contributed by atoms with Crippen LogP contribution in [0.1, 0.15) is 41.3 Å². The SMILES string of the molecule is Cc1cc(C(=O)O)ccc1-c1ccc(C(C)C)cc1. The van der Waals surface area contributed by atoms with Crippen LogP contribution in [-0.4, -0.2) is 11.1 Å². The maximum Gasteiger partial charge on any atom is 0.335 e. The van der Waals surface area contributed by atoms with Crippen LogP contribution in [0.25, 0.3) is 11.1 Å². The maximum absolute atomic E-state index is 10.9. The molecule has 0 unspecified atom stereocenters. The standard InChI is InChI=1S/C17H18O2/c1-11(2)13-4-6-14(7-5-13)16-9-8-15(17(18)19)10-12(16)3/h4-11H,1-3H3,(H,18,19). The molecule has 0 spiro atoms. The third-order valence-corrected chi connectivity index (χ3v) is 3.36. The first-order valence-electron chi connectivity index (χ1n) is 6.43. The Bertz CT molecular complexity index is 595. The molecule has 98 valence electrons. The molecule has 19 heavy (non-hydrogen) atoms. The van der Waals surface area contributed by atoms with Gasteiger partial charge in [0.15, 0.2) is 0 Å². The topological polar surface area (TPSA) is 37.3 Å². The van der Waals surface area contributed by atoms with Crippen molar-refractivity contribution < 1.29 is 9.90 Å². The minimum Gasteiger partial charge on any atom is -0.478 e. The van der Waals surface area contributed by atoms with Crippen LogP contribution in [0.3, 0.4) is 0 Å². The molecular weight excluding hydrogens is 236 g/mol. The van der Waals surface area contributed by atoms with E-state index in [-0.39, 0.29) is 0 Å². The van der Waals surface area contributed by atoms with E-state index in [1.54, 1.807) is 12.1 Å². The Kier molecular flexibility index (Phi) is 3.70. The first-order chi connectivity index (χ1) is 8.99.